The Morgan fingerprint density at radius 2 is 1.95 bits per heavy atom. The smallest absolute Gasteiger partial charge is 0.0304 e. The van der Waals surface area contributed by atoms with E-state index in [1.807, 2.05) is 0 Å². The molecule has 1 atom stereocenters. The quantitative estimate of drug-likeness (QED) is 0.851. The lowest BCUT2D eigenvalue weighted by Crippen LogP contribution is -2.50. The fourth-order valence-corrected chi connectivity index (χ4v) is 3.13. The third kappa shape index (κ3) is 3.01. The van der Waals surface area contributed by atoms with Crippen molar-refractivity contribution >= 4 is 0 Å². The first kappa shape index (κ1) is 14.5. The molecular weight excluding hydrogens is 232 g/mol. The molecule has 19 heavy (non-hydrogen) atoms. The zero-order chi connectivity index (χ0) is 13.9. The normalized spacial score (nSPS) is 17.5. The van der Waals surface area contributed by atoms with E-state index in [-0.39, 0.29) is 5.54 Å². The standard InChI is InChI=1S/C17H28N2/c1-4-17(3,13-18)19(5-2)12-14-9-10-15-7-6-8-16(15)11-14/h9-11H,4-8,12-13,18H2,1-3H3. The lowest BCUT2D eigenvalue weighted by molar-refractivity contribution is 0.104. The Hall–Kier alpha value is -0.860. The molecular formula is C17H28N2. The zero-order valence-corrected chi connectivity index (χ0v) is 12.7. The monoisotopic (exact) mass is 260 g/mol. The van der Waals surface area contributed by atoms with Gasteiger partial charge in [0.1, 0.15) is 0 Å². The van der Waals surface area contributed by atoms with E-state index in [2.05, 4.69) is 43.9 Å². The van der Waals surface area contributed by atoms with Crippen LogP contribution in [0.2, 0.25) is 0 Å². The maximum Gasteiger partial charge on any atom is 0.0304 e. The van der Waals surface area contributed by atoms with Gasteiger partial charge in [0.05, 0.1) is 0 Å². The minimum absolute atomic E-state index is 0.119. The van der Waals surface area contributed by atoms with Gasteiger partial charge in [-0.3, -0.25) is 4.90 Å². The molecule has 2 nitrogen and oxygen atoms in total. The third-order valence-electron chi connectivity index (χ3n) is 4.88. The van der Waals surface area contributed by atoms with E-state index >= 15 is 0 Å². The first-order valence-electron chi connectivity index (χ1n) is 7.68. The Balaban J connectivity index is 2.14. The number of nitrogens with zero attached hydrogens (tertiary/aromatic N) is 1. The molecule has 0 fully saturated rings. The van der Waals surface area contributed by atoms with E-state index < -0.39 is 0 Å². The Morgan fingerprint density at radius 1 is 1.21 bits per heavy atom. The molecule has 1 unspecified atom stereocenters. The summed E-state index contributed by atoms with van der Waals surface area (Å²) < 4.78 is 0. The van der Waals surface area contributed by atoms with Crippen molar-refractivity contribution in [2.45, 2.75) is 58.5 Å². The molecule has 0 saturated carbocycles. The molecule has 0 radical (unpaired) electrons. The van der Waals surface area contributed by atoms with Crippen LogP contribution in [-0.2, 0) is 19.4 Å². The Kier molecular flexibility index (Phi) is 4.64. The third-order valence-corrected chi connectivity index (χ3v) is 4.88. The second-order valence-corrected chi connectivity index (χ2v) is 6.03. The van der Waals surface area contributed by atoms with E-state index in [1.165, 1.54) is 24.8 Å². The summed E-state index contributed by atoms with van der Waals surface area (Å²) in [7, 11) is 0. The second-order valence-electron chi connectivity index (χ2n) is 6.03. The predicted octanol–water partition coefficient (Wildman–Crippen LogP) is 3.12. The number of rotatable bonds is 6. The van der Waals surface area contributed by atoms with E-state index in [0.29, 0.717) is 0 Å². The van der Waals surface area contributed by atoms with Crippen molar-refractivity contribution in [3.8, 4) is 0 Å². The fourth-order valence-electron chi connectivity index (χ4n) is 3.13. The van der Waals surface area contributed by atoms with Crippen molar-refractivity contribution < 1.29 is 0 Å². The van der Waals surface area contributed by atoms with Crippen LogP contribution >= 0.6 is 0 Å². The lowest BCUT2D eigenvalue weighted by atomic mass is 9.95. The maximum atomic E-state index is 6.00. The van der Waals surface area contributed by atoms with Gasteiger partial charge in [0, 0.05) is 18.6 Å². The SMILES string of the molecule is CCN(Cc1ccc2c(c1)CCC2)C(C)(CC)CN. The number of likely N-dealkylation sites (N-methyl/N-ethyl adjacent to an activating group) is 1. The summed E-state index contributed by atoms with van der Waals surface area (Å²) >= 11 is 0. The van der Waals surface area contributed by atoms with Crippen LogP contribution in [-0.4, -0.2) is 23.5 Å². The molecule has 1 aromatic carbocycles. The Morgan fingerprint density at radius 3 is 2.58 bits per heavy atom. The summed E-state index contributed by atoms with van der Waals surface area (Å²) in [6.07, 6.45) is 4.95. The summed E-state index contributed by atoms with van der Waals surface area (Å²) in [6.45, 7) is 9.55. The zero-order valence-electron chi connectivity index (χ0n) is 12.7. The average molecular weight is 260 g/mol. The van der Waals surface area contributed by atoms with Crippen molar-refractivity contribution in [2.24, 2.45) is 5.73 Å². The molecule has 0 aromatic heterocycles. The molecule has 2 N–H and O–H groups in total. The maximum absolute atomic E-state index is 6.00. The van der Waals surface area contributed by atoms with Crippen LogP contribution in [0.15, 0.2) is 18.2 Å². The van der Waals surface area contributed by atoms with Crippen molar-refractivity contribution in [3.63, 3.8) is 0 Å². The average Bonchev–Trinajstić information content (AvgIpc) is 2.91. The van der Waals surface area contributed by atoms with Gasteiger partial charge in [-0.1, -0.05) is 32.0 Å². The highest BCUT2D eigenvalue weighted by molar-refractivity contribution is 5.35. The molecule has 0 aliphatic heterocycles. The van der Waals surface area contributed by atoms with Gasteiger partial charge in [0.2, 0.25) is 0 Å². The first-order valence-corrected chi connectivity index (χ1v) is 7.68. The molecule has 0 saturated heterocycles. The van der Waals surface area contributed by atoms with Crippen molar-refractivity contribution in [2.75, 3.05) is 13.1 Å². The largest absolute Gasteiger partial charge is 0.329 e. The highest BCUT2D eigenvalue weighted by Crippen LogP contribution is 2.25. The minimum atomic E-state index is 0.119. The molecule has 1 aromatic rings. The summed E-state index contributed by atoms with van der Waals surface area (Å²) in [6, 6.07) is 7.05. The van der Waals surface area contributed by atoms with Gasteiger partial charge in [-0.15, -0.1) is 0 Å². The van der Waals surface area contributed by atoms with Crippen molar-refractivity contribution in [1.82, 2.24) is 4.90 Å². The first-order chi connectivity index (χ1) is 9.12. The van der Waals surface area contributed by atoms with E-state index in [1.54, 1.807) is 11.1 Å². The fraction of sp³-hybridized carbons (Fsp3) is 0.647. The van der Waals surface area contributed by atoms with Crippen molar-refractivity contribution in [1.29, 1.82) is 0 Å². The number of benzene rings is 1. The summed E-state index contributed by atoms with van der Waals surface area (Å²) in [4.78, 5) is 2.52. The van der Waals surface area contributed by atoms with E-state index in [0.717, 1.165) is 26.1 Å². The molecule has 106 valence electrons. The number of aryl methyl sites for hydroxylation is 2. The van der Waals surface area contributed by atoms with E-state index in [4.69, 9.17) is 5.73 Å². The van der Waals surface area contributed by atoms with Crippen LogP contribution in [0.4, 0.5) is 0 Å². The van der Waals surface area contributed by atoms with Gasteiger partial charge >= 0.3 is 0 Å². The molecule has 0 bridgehead atoms. The van der Waals surface area contributed by atoms with E-state index in [9.17, 15) is 0 Å². The molecule has 1 aliphatic carbocycles. The van der Waals surface area contributed by atoms with Gasteiger partial charge < -0.3 is 5.73 Å². The van der Waals surface area contributed by atoms with Crippen LogP contribution in [0.3, 0.4) is 0 Å². The summed E-state index contributed by atoms with van der Waals surface area (Å²) in [5.74, 6) is 0. The van der Waals surface area contributed by atoms with Gasteiger partial charge in [-0.05, 0) is 55.8 Å². The Bertz CT molecular complexity index is 421. The summed E-state index contributed by atoms with van der Waals surface area (Å²) in [5.41, 5.74) is 10.7. The van der Waals surface area contributed by atoms with Crippen LogP contribution in [0.5, 0.6) is 0 Å². The highest BCUT2D eigenvalue weighted by Gasteiger charge is 2.27. The summed E-state index contributed by atoms with van der Waals surface area (Å²) in [5, 5.41) is 0. The number of fused-ring (bicyclic) bond motifs is 1. The second kappa shape index (κ2) is 6.06. The van der Waals surface area contributed by atoms with Crippen LogP contribution in [0.1, 0.15) is 50.3 Å². The van der Waals surface area contributed by atoms with Crippen molar-refractivity contribution in [3.05, 3.63) is 34.9 Å². The van der Waals surface area contributed by atoms with Crippen LogP contribution in [0, 0.1) is 0 Å². The number of hydrogen-bond donors (Lipinski definition) is 1. The van der Waals surface area contributed by atoms with Gasteiger partial charge in [-0.25, -0.2) is 0 Å². The number of nitrogens with two attached hydrogens (primary N) is 1. The lowest BCUT2D eigenvalue weighted by Gasteiger charge is -2.39. The van der Waals surface area contributed by atoms with Gasteiger partial charge in [-0.2, -0.15) is 0 Å². The topological polar surface area (TPSA) is 29.3 Å². The van der Waals surface area contributed by atoms with Crippen LogP contribution in [0.25, 0.3) is 0 Å². The molecule has 2 heteroatoms. The molecule has 0 amide bonds. The molecule has 1 aliphatic rings. The number of hydrogen-bond acceptors (Lipinski definition) is 2. The molecule has 0 heterocycles. The molecule has 0 spiro atoms. The Labute approximate surface area is 118 Å². The predicted molar refractivity (Wildman–Crippen MR) is 82.3 cm³/mol. The van der Waals surface area contributed by atoms with Crippen LogP contribution < -0.4 is 5.73 Å². The minimum Gasteiger partial charge on any atom is -0.329 e. The highest BCUT2D eigenvalue weighted by atomic mass is 15.2. The van der Waals surface area contributed by atoms with Gasteiger partial charge in [0.25, 0.3) is 0 Å². The van der Waals surface area contributed by atoms with Gasteiger partial charge in [0.15, 0.2) is 0 Å². The molecule has 2 rings (SSSR count).